The van der Waals surface area contributed by atoms with Crippen LogP contribution in [0.25, 0.3) is 0 Å². The Morgan fingerprint density at radius 2 is 2.32 bits per heavy atom. The summed E-state index contributed by atoms with van der Waals surface area (Å²) in [6.07, 6.45) is 1.52. The third kappa shape index (κ3) is 4.51. The fourth-order valence-corrected chi connectivity index (χ4v) is 3.17. The van der Waals surface area contributed by atoms with Gasteiger partial charge in [-0.25, -0.2) is 4.79 Å². The Hall–Kier alpha value is -2.08. The molecule has 1 N–H and O–H groups in total. The lowest BCUT2D eigenvalue weighted by atomic mass is 9.99. The summed E-state index contributed by atoms with van der Waals surface area (Å²) in [7, 11) is 0. The van der Waals surface area contributed by atoms with Crippen molar-refractivity contribution in [2.24, 2.45) is 0 Å². The van der Waals surface area contributed by atoms with Gasteiger partial charge in [-0.2, -0.15) is 4.98 Å². The quantitative estimate of drug-likeness (QED) is 0.882. The van der Waals surface area contributed by atoms with Gasteiger partial charge in [0, 0.05) is 42.9 Å². The third-order valence-corrected chi connectivity index (χ3v) is 4.63. The second kappa shape index (κ2) is 7.87. The van der Waals surface area contributed by atoms with Gasteiger partial charge < -0.3 is 14.7 Å². The zero-order chi connectivity index (χ0) is 17.8. The van der Waals surface area contributed by atoms with E-state index < -0.39 is 0 Å². The van der Waals surface area contributed by atoms with Crippen LogP contribution >= 0.6 is 11.6 Å². The van der Waals surface area contributed by atoms with Crippen molar-refractivity contribution in [3.63, 3.8) is 0 Å². The second-order valence-electron chi connectivity index (χ2n) is 6.67. The van der Waals surface area contributed by atoms with Crippen LogP contribution < -0.4 is 5.32 Å². The molecular formula is C18H23ClN4O2. The van der Waals surface area contributed by atoms with Crippen LogP contribution in [-0.2, 0) is 6.42 Å². The van der Waals surface area contributed by atoms with Crippen molar-refractivity contribution < 1.29 is 9.32 Å². The fourth-order valence-electron chi connectivity index (χ4n) is 2.97. The van der Waals surface area contributed by atoms with Crippen LogP contribution in [-0.4, -0.2) is 40.7 Å². The number of amides is 2. The molecule has 1 aromatic heterocycles. The van der Waals surface area contributed by atoms with Gasteiger partial charge in [-0.15, -0.1) is 0 Å². The Morgan fingerprint density at radius 3 is 3.04 bits per heavy atom. The largest absolute Gasteiger partial charge is 0.339 e. The molecule has 0 bridgehead atoms. The molecular weight excluding hydrogens is 340 g/mol. The molecule has 2 aromatic rings. The molecule has 3 rings (SSSR count). The lowest BCUT2D eigenvalue weighted by Gasteiger charge is -2.17. The number of hydrogen-bond acceptors (Lipinski definition) is 4. The number of carbonyl (C=O) groups excluding carboxylic acids is 1. The molecule has 6 nitrogen and oxygen atoms in total. The molecule has 2 heterocycles. The summed E-state index contributed by atoms with van der Waals surface area (Å²) in [5.74, 6) is 1.81. The van der Waals surface area contributed by atoms with Crippen molar-refractivity contribution in [2.75, 3.05) is 19.6 Å². The molecule has 1 fully saturated rings. The van der Waals surface area contributed by atoms with Gasteiger partial charge >= 0.3 is 6.03 Å². The van der Waals surface area contributed by atoms with Crippen molar-refractivity contribution in [2.45, 2.75) is 38.5 Å². The molecule has 1 aliphatic heterocycles. The van der Waals surface area contributed by atoms with Gasteiger partial charge in [-0.3, -0.25) is 0 Å². The zero-order valence-electron chi connectivity index (χ0n) is 14.5. The van der Waals surface area contributed by atoms with E-state index in [-0.39, 0.29) is 11.9 Å². The van der Waals surface area contributed by atoms with Crippen LogP contribution in [0.5, 0.6) is 0 Å². The van der Waals surface area contributed by atoms with Crippen LogP contribution in [0, 0.1) is 0 Å². The number of carbonyl (C=O) groups is 1. The van der Waals surface area contributed by atoms with Crippen LogP contribution in [0.1, 0.15) is 49.4 Å². The molecule has 0 radical (unpaired) electrons. The highest BCUT2D eigenvalue weighted by Crippen LogP contribution is 2.28. The van der Waals surface area contributed by atoms with E-state index in [1.165, 1.54) is 5.56 Å². The lowest BCUT2D eigenvalue weighted by molar-refractivity contribution is 0.208. The predicted octanol–water partition coefficient (Wildman–Crippen LogP) is 3.59. The maximum Gasteiger partial charge on any atom is 0.317 e. The normalized spacial score (nSPS) is 17.3. The van der Waals surface area contributed by atoms with E-state index >= 15 is 0 Å². The molecule has 0 saturated carbocycles. The van der Waals surface area contributed by atoms with Crippen molar-refractivity contribution in [3.8, 4) is 0 Å². The number of hydrogen-bond donors (Lipinski definition) is 1. The van der Waals surface area contributed by atoms with E-state index in [0.29, 0.717) is 37.1 Å². The van der Waals surface area contributed by atoms with E-state index in [0.717, 1.165) is 18.0 Å². The molecule has 0 spiro atoms. The number of likely N-dealkylation sites (tertiary alicyclic amines) is 1. The number of benzene rings is 1. The highest BCUT2D eigenvalue weighted by Gasteiger charge is 2.27. The first-order chi connectivity index (χ1) is 12.0. The molecule has 1 aromatic carbocycles. The number of halogens is 1. The van der Waals surface area contributed by atoms with E-state index in [1.807, 2.05) is 36.9 Å². The number of nitrogens with zero attached hydrogens (tertiary/aromatic N) is 3. The van der Waals surface area contributed by atoms with Crippen molar-refractivity contribution in [1.29, 1.82) is 0 Å². The highest BCUT2D eigenvalue weighted by molar-refractivity contribution is 6.30. The van der Waals surface area contributed by atoms with Gasteiger partial charge in [-0.1, -0.05) is 42.7 Å². The summed E-state index contributed by atoms with van der Waals surface area (Å²) in [6.45, 7) is 5.97. The molecule has 2 amide bonds. The minimum absolute atomic E-state index is 0.0443. The van der Waals surface area contributed by atoms with Crippen molar-refractivity contribution >= 4 is 17.6 Å². The van der Waals surface area contributed by atoms with E-state index in [2.05, 4.69) is 21.5 Å². The standard InChI is InChI=1S/C18H23ClN4O2/c1-12(2)17-21-16(22-25-17)6-8-20-18(24)23-9-7-14(11-23)13-4-3-5-15(19)10-13/h3-5,10,12,14H,6-9,11H2,1-2H3,(H,20,24)/t14-/m1/s1. The number of nitrogens with one attached hydrogen (secondary N) is 1. The second-order valence-corrected chi connectivity index (χ2v) is 7.11. The SMILES string of the molecule is CC(C)c1nc(CCNC(=O)N2CC[C@@H](c3cccc(Cl)c3)C2)no1. The Morgan fingerprint density at radius 1 is 1.48 bits per heavy atom. The topological polar surface area (TPSA) is 71.3 Å². The molecule has 25 heavy (non-hydrogen) atoms. The first-order valence-corrected chi connectivity index (χ1v) is 9.01. The van der Waals surface area contributed by atoms with E-state index in [9.17, 15) is 4.79 Å². The van der Waals surface area contributed by atoms with Gasteiger partial charge in [0.1, 0.15) is 0 Å². The first-order valence-electron chi connectivity index (χ1n) is 8.63. The number of aromatic nitrogens is 2. The maximum atomic E-state index is 12.3. The van der Waals surface area contributed by atoms with Gasteiger partial charge in [-0.05, 0) is 24.1 Å². The number of urea groups is 1. The highest BCUT2D eigenvalue weighted by atomic mass is 35.5. The predicted molar refractivity (Wildman–Crippen MR) is 95.9 cm³/mol. The van der Waals surface area contributed by atoms with Crippen LogP contribution in [0.2, 0.25) is 5.02 Å². The van der Waals surface area contributed by atoms with Crippen LogP contribution in [0.15, 0.2) is 28.8 Å². The summed E-state index contributed by atoms with van der Waals surface area (Å²) in [5, 5.41) is 7.60. The number of rotatable bonds is 5. The molecule has 1 atom stereocenters. The maximum absolute atomic E-state index is 12.3. The van der Waals surface area contributed by atoms with E-state index in [4.69, 9.17) is 16.1 Å². The van der Waals surface area contributed by atoms with Crippen LogP contribution in [0.4, 0.5) is 4.79 Å². The minimum Gasteiger partial charge on any atom is -0.339 e. The first kappa shape index (κ1) is 17.7. The summed E-state index contributed by atoms with van der Waals surface area (Å²) < 4.78 is 5.16. The summed E-state index contributed by atoms with van der Waals surface area (Å²) >= 11 is 6.06. The van der Waals surface area contributed by atoms with Crippen molar-refractivity contribution in [1.82, 2.24) is 20.4 Å². The van der Waals surface area contributed by atoms with Gasteiger partial charge in [0.15, 0.2) is 5.82 Å². The zero-order valence-corrected chi connectivity index (χ0v) is 15.3. The summed E-state index contributed by atoms with van der Waals surface area (Å²) in [4.78, 5) is 18.5. The van der Waals surface area contributed by atoms with Gasteiger partial charge in [0.2, 0.25) is 5.89 Å². The lowest BCUT2D eigenvalue weighted by Crippen LogP contribution is -2.39. The Kier molecular flexibility index (Phi) is 5.58. The molecule has 7 heteroatoms. The summed E-state index contributed by atoms with van der Waals surface area (Å²) in [6, 6.07) is 7.83. The van der Waals surface area contributed by atoms with Gasteiger partial charge in [0.05, 0.1) is 0 Å². The Bertz CT molecular complexity index is 731. The average Bonchev–Trinajstić information content (AvgIpc) is 3.24. The molecule has 1 saturated heterocycles. The fraction of sp³-hybridized carbons (Fsp3) is 0.500. The third-order valence-electron chi connectivity index (χ3n) is 4.40. The average molecular weight is 363 g/mol. The Balaban J connectivity index is 1.46. The minimum atomic E-state index is -0.0443. The monoisotopic (exact) mass is 362 g/mol. The van der Waals surface area contributed by atoms with E-state index in [1.54, 1.807) is 0 Å². The van der Waals surface area contributed by atoms with Crippen LogP contribution in [0.3, 0.4) is 0 Å². The molecule has 1 aliphatic rings. The summed E-state index contributed by atoms with van der Waals surface area (Å²) in [5.41, 5.74) is 1.19. The smallest absolute Gasteiger partial charge is 0.317 e. The molecule has 0 unspecified atom stereocenters. The Labute approximate surface area is 152 Å². The van der Waals surface area contributed by atoms with Gasteiger partial charge in [0.25, 0.3) is 0 Å². The molecule has 0 aliphatic carbocycles. The molecule has 134 valence electrons. The van der Waals surface area contributed by atoms with Crippen molar-refractivity contribution in [3.05, 3.63) is 46.6 Å².